The van der Waals surface area contributed by atoms with Crippen molar-refractivity contribution in [1.82, 2.24) is 10.1 Å². The van der Waals surface area contributed by atoms with Crippen molar-refractivity contribution in [3.8, 4) is 0 Å². The number of carboxylic acids is 1. The zero-order valence-electron chi connectivity index (χ0n) is 11.6. The first kappa shape index (κ1) is 14.5. The maximum atomic E-state index is 11.8. The number of anilines is 1. The maximum Gasteiger partial charge on any atom is 0.307 e. The van der Waals surface area contributed by atoms with Crippen molar-refractivity contribution in [3.05, 3.63) is 11.8 Å². The molecule has 1 aromatic rings. The number of carbonyl (C=O) groups is 2. The molecular formula is C13H19N3O4. The molecular weight excluding hydrogens is 262 g/mol. The Morgan fingerprint density at radius 3 is 2.90 bits per heavy atom. The zero-order chi connectivity index (χ0) is 14.7. The first-order valence-electron chi connectivity index (χ1n) is 6.67. The van der Waals surface area contributed by atoms with Crippen LogP contribution in [0, 0.1) is 5.92 Å². The predicted molar refractivity (Wildman–Crippen MR) is 71.4 cm³/mol. The molecule has 20 heavy (non-hydrogen) atoms. The van der Waals surface area contributed by atoms with Crippen molar-refractivity contribution in [1.29, 1.82) is 0 Å². The minimum Gasteiger partial charge on any atom is -0.481 e. The van der Waals surface area contributed by atoms with E-state index >= 15 is 0 Å². The van der Waals surface area contributed by atoms with Crippen LogP contribution in [0.1, 0.15) is 31.9 Å². The van der Waals surface area contributed by atoms with Crippen molar-refractivity contribution >= 4 is 17.8 Å². The molecule has 2 rings (SSSR count). The normalized spacial score (nSPS) is 19.4. The molecule has 1 fully saturated rings. The first-order chi connectivity index (χ1) is 9.45. The summed E-state index contributed by atoms with van der Waals surface area (Å²) in [7, 11) is 0. The van der Waals surface area contributed by atoms with E-state index in [9.17, 15) is 9.59 Å². The second-order valence-corrected chi connectivity index (χ2v) is 5.38. The van der Waals surface area contributed by atoms with Crippen LogP contribution in [0.5, 0.6) is 0 Å². The van der Waals surface area contributed by atoms with Crippen LogP contribution in [0.3, 0.4) is 0 Å². The molecule has 0 bridgehead atoms. The van der Waals surface area contributed by atoms with E-state index in [1.165, 1.54) is 0 Å². The average Bonchev–Trinajstić information content (AvgIpc) is 2.98. The van der Waals surface area contributed by atoms with Crippen molar-refractivity contribution in [2.75, 3.05) is 25.0 Å². The number of nitrogens with zero attached hydrogens (tertiary/aromatic N) is 2. The lowest BCUT2D eigenvalue weighted by molar-refractivity contribution is -0.141. The van der Waals surface area contributed by atoms with Gasteiger partial charge in [-0.15, -0.1) is 0 Å². The molecule has 1 amide bonds. The first-order valence-corrected chi connectivity index (χ1v) is 6.67. The molecule has 7 nitrogen and oxygen atoms in total. The summed E-state index contributed by atoms with van der Waals surface area (Å²) < 4.78 is 5.03. The van der Waals surface area contributed by atoms with E-state index in [4.69, 9.17) is 9.63 Å². The lowest BCUT2D eigenvalue weighted by atomic mass is 10.1. The maximum absolute atomic E-state index is 11.8. The van der Waals surface area contributed by atoms with Gasteiger partial charge in [-0.05, 0) is 18.9 Å². The second-order valence-electron chi connectivity index (χ2n) is 5.38. The molecule has 0 aliphatic carbocycles. The molecule has 1 saturated heterocycles. The van der Waals surface area contributed by atoms with Gasteiger partial charge >= 0.3 is 5.97 Å². The second kappa shape index (κ2) is 6.04. The van der Waals surface area contributed by atoms with Gasteiger partial charge < -0.3 is 9.63 Å². The predicted octanol–water partition coefficient (Wildman–Crippen LogP) is 1.14. The Morgan fingerprint density at radius 1 is 1.60 bits per heavy atom. The summed E-state index contributed by atoms with van der Waals surface area (Å²) in [6.45, 7) is 5.18. The Balaban J connectivity index is 1.82. The summed E-state index contributed by atoms with van der Waals surface area (Å²) in [5.41, 5.74) is 0.785. The molecule has 0 radical (unpaired) electrons. The number of carbonyl (C=O) groups excluding carboxylic acids is 1. The highest BCUT2D eigenvalue weighted by atomic mass is 16.5. The third-order valence-corrected chi connectivity index (χ3v) is 3.37. The highest BCUT2D eigenvalue weighted by Crippen LogP contribution is 2.18. The molecule has 0 aromatic carbocycles. The standard InChI is InChI=1S/C13H19N3O4/c1-8(2)10-5-12(20-15-10)14-11(17)7-16-4-3-9(6-16)13(18)19/h5,8-9H,3-4,6-7H2,1-2H3,(H,14,17)(H,18,19). The third-order valence-electron chi connectivity index (χ3n) is 3.37. The van der Waals surface area contributed by atoms with E-state index in [1.807, 2.05) is 18.7 Å². The van der Waals surface area contributed by atoms with Gasteiger partial charge in [0.2, 0.25) is 11.8 Å². The summed E-state index contributed by atoms with van der Waals surface area (Å²) in [5.74, 6) is -0.833. The van der Waals surface area contributed by atoms with Crippen LogP contribution in [0.25, 0.3) is 0 Å². The Labute approximate surface area is 116 Å². The Morgan fingerprint density at radius 2 is 2.35 bits per heavy atom. The van der Waals surface area contributed by atoms with Crippen LogP contribution in [0.15, 0.2) is 10.6 Å². The fraction of sp³-hybridized carbons (Fsp3) is 0.615. The summed E-state index contributed by atoms with van der Waals surface area (Å²) in [6.07, 6.45) is 0.586. The Hall–Kier alpha value is -1.89. The van der Waals surface area contributed by atoms with Crippen molar-refractivity contribution in [2.45, 2.75) is 26.2 Å². The van der Waals surface area contributed by atoms with Crippen LogP contribution >= 0.6 is 0 Å². The number of hydrogen-bond acceptors (Lipinski definition) is 5. The lowest BCUT2D eigenvalue weighted by Crippen LogP contribution is -2.32. The molecule has 1 aliphatic heterocycles. The number of nitrogens with one attached hydrogen (secondary N) is 1. The van der Waals surface area contributed by atoms with E-state index < -0.39 is 5.97 Å². The van der Waals surface area contributed by atoms with Gasteiger partial charge in [-0.2, -0.15) is 0 Å². The van der Waals surface area contributed by atoms with E-state index in [-0.39, 0.29) is 24.3 Å². The topological polar surface area (TPSA) is 95.7 Å². The molecule has 2 N–H and O–H groups in total. The minimum absolute atomic E-state index is 0.168. The van der Waals surface area contributed by atoms with Crippen LogP contribution < -0.4 is 5.32 Å². The van der Waals surface area contributed by atoms with E-state index in [1.54, 1.807) is 6.07 Å². The fourth-order valence-corrected chi connectivity index (χ4v) is 2.18. The van der Waals surface area contributed by atoms with Crippen molar-refractivity contribution in [3.63, 3.8) is 0 Å². The monoisotopic (exact) mass is 281 g/mol. The lowest BCUT2D eigenvalue weighted by Gasteiger charge is -2.13. The minimum atomic E-state index is -0.801. The van der Waals surface area contributed by atoms with E-state index in [0.717, 1.165) is 5.69 Å². The number of aliphatic carboxylic acids is 1. The van der Waals surface area contributed by atoms with Gasteiger partial charge in [-0.25, -0.2) is 0 Å². The molecule has 110 valence electrons. The third kappa shape index (κ3) is 3.57. The van der Waals surface area contributed by atoms with Gasteiger partial charge in [0, 0.05) is 12.6 Å². The van der Waals surface area contributed by atoms with Gasteiger partial charge in [0.15, 0.2) is 0 Å². The molecule has 1 atom stereocenters. The largest absolute Gasteiger partial charge is 0.481 e. The molecule has 1 unspecified atom stereocenters. The van der Waals surface area contributed by atoms with Crippen LogP contribution in [-0.2, 0) is 9.59 Å². The van der Waals surface area contributed by atoms with E-state index in [0.29, 0.717) is 25.4 Å². The quantitative estimate of drug-likeness (QED) is 0.840. The SMILES string of the molecule is CC(C)c1cc(NC(=O)CN2CCC(C(=O)O)C2)on1. The smallest absolute Gasteiger partial charge is 0.307 e. The molecule has 1 aromatic heterocycles. The molecule has 2 heterocycles. The van der Waals surface area contributed by atoms with Crippen LogP contribution in [0.4, 0.5) is 5.88 Å². The van der Waals surface area contributed by atoms with Crippen LogP contribution in [0.2, 0.25) is 0 Å². The van der Waals surface area contributed by atoms with Gasteiger partial charge in [0.25, 0.3) is 0 Å². The number of likely N-dealkylation sites (tertiary alicyclic amines) is 1. The summed E-state index contributed by atoms with van der Waals surface area (Å²) in [6, 6.07) is 1.70. The summed E-state index contributed by atoms with van der Waals surface area (Å²) >= 11 is 0. The average molecular weight is 281 g/mol. The van der Waals surface area contributed by atoms with Crippen LogP contribution in [-0.4, -0.2) is 46.7 Å². The fourth-order valence-electron chi connectivity index (χ4n) is 2.18. The molecule has 0 spiro atoms. The molecule has 7 heteroatoms. The van der Waals surface area contributed by atoms with Gasteiger partial charge in [-0.3, -0.25) is 19.8 Å². The molecule has 1 aliphatic rings. The zero-order valence-corrected chi connectivity index (χ0v) is 11.6. The number of hydrogen-bond donors (Lipinski definition) is 2. The van der Waals surface area contributed by atoms with Gasteiger partial charge in [0.05, 0.1) is 18.2 Å². The van der Waals surface area contributed by atoms with Crippen molar-refractivity contribution in [2.24, 2.45) is 5.92 Å². The highest BCUT2D eigenvalue weighted by molar-refractivity contribution is 5.91. The number of rotatable bonds is 5. The summed E-state index contributed by atoms with van der Waals surface area (Å²) in [4.78, 5) is 24.5. The number of aromatic nitrogens is 1. The number of carboxylic acid groups (broad SMARTS) is 1. The van der Waals surface area contributed by atoms with Crippen molar-refractivity contribution < 1.29 is 19.2 Å². The van der Waals surface area contributed by atoms with E-state index in [2.05, 4.69) is 10.5 Å². The Kier molecular flexibility index (Phi) is 4.39. The van der Waals surface area contributed by atoms with Gasteiger partial charge in [-0.1, -0.05) is 19.0 Å². The highest BCUT2D eigenvalue weighted by Gasteiger charge is 2.29. The Bertz CT molecular complexity index is 498. The van der Waals surface area contributed by atoms with Gasteiger partial charge in [0.1, 0.15) is 0 Å². The number of amides is 1. The summed E-state index contributed by atoms with van der Waals surface area (Å²) in [5, 5.41) is 15.4. The molecule has 0 saturated carbocycles.